The number of hydrogen-bond donors (Lipinski definition) is 0. The molecule has 1 amide bonds. The third kappa shape index (κ3) is 1.78. The number of benzene rings is 1. The van der Waals surface area contributed by atoms with E-state index in [2.05, 4.69) is 15.9 Å². The van der Waals surface area contributed by atoms with E-state index < -0.39 is 0 Å². The first kappa shape index (κ1) is 10.6. The van der Waals surface area contributed by atoms with Crippen LogP contribution in [0.4, 0.5) is 10.1 Å². The Labute approximate surface area is 96.2 Å². The number of hydrogen-bond acceptors (Lipinski definition) is 1. The van der Waals surface area contributed by atoms with Crippen LogP contribution >= 0.6 is 15.9 Å². The van der Waals surface area contributed by atoms with E-state index in [9.17, 15) is 9.18 Å². The molecule has 0 N–H and O–H groups in total. The Balaban J connectivity index is 2.38. The number of amides is 1. The summed E-state index contributed by atoms with van der Waals surface area (Å²) in [4.78, 5) is 13.2. The summed E-state index contributed by atoms with van der Waals surface area (Å²) < 4.78 is 13.3. The number of alkyl halides is 1. The molecule has 1 aliphatic heterocycles. The molecule has 1 aromatic rings. The highest BCUT2D eigenvalue weighted by Crippen LogP contribution is 2.28. The van der Waals surface area contributed by atoms with Crippen LogP contribution in [0.5, 0.6) is 0 Å². The lowest BCUT2D eigenvalue weighted by Gasteiger charge is -2.18. The zero-order valence-corrected chi connectivity index (χ0v) is 9.92. The van der Waals surface area contributed by atoms with Crippen molar-refractivity contribution in [2.45, 2.75) is 18.2 Å². The maximum absolute atomic E-state index is 13.3. The lowest BCUT2D eigenvalue weighted by molar-refractivity contribution is -0.116. The van der Waals surface area contributed by atoms with Gasteiger partial charge in [-0.25, -0.2) is 4.39 Å². The largest absolute Gasteiger partial charge is 0.311 e. The van der Waals surface area contributed by atoms with Crippen LogP contribution in [0.2, 0.25) is 0 Å². The van der Waals surface area contributed by atoms with Crippen LogP contribution in [0.15, 0.2) is 18.2 Å². The Bertz CT molecular complexity index is 408. The van der Waals surface area contributed by atoms with Gasteiger partial charge in [-0.15, -0.1) is 0 Å². The fourth-order valence-corrected chi connectivity index (χ4v) is 2.22. The minimum Gasteiger partial charge on any atom is -0.311 e. The summed E-state index contributed by atoms with van der Waals surface area (Å²) in [5.74, 6) is -0.248. The Kier molecular flexibility index (Phi) is 2.78. The van der Waals surface area contributed by atoms with Crippen molar-refractivity contribution in [3.8, 4) is 0 Å². The first-order valence-corrected chi connectivity index (χ1v) is 5.73. The third-order valence-electron chi connectivity index (χ3n) is 2.67. The quantitative estimate of drug-likeness (QED) is 0.720. The van der Waals surface area contributed by atoms with Crippen LogP contribution < -0.4 is 4.90 Å². The van der Waals surface area contributed by atoms with Gasteiger partial charge in [-0.2, -0.15) is 0 Å². The van der Waals surface area contributed by atoms with Crippen LogP contribution in [0.3, 0.4) is 0 Å². The molecule has 4 heteroatoms. The fraction of sp³-hybridized carbons (Fsp3) is 0.364. The smallest absolute Gasteiger partial charge is 0.240 e. The predicted octanol–water partition coefficient (Wildman–Crippen LogP) is 2.63. The molecule has 1 aliphatic rings. The Morgan fingerprint density at radius 3 is 2.87 bits per heavy atom. The van der Waals surface area contributed by atoms with E-state index in [0.29, 0.717) is 17.8 Å². The third-order valence-corrected chi connectivity index (χ3v) is 3.52. The molecule has 0 radical (unpaired) electrons. The molecule has 80 valence electrons. The Hall–Kier alpha value is -0.900. The summed E-state index contributed by atoms with van der Waals surface area (Å²) in [5, 5.41) is 0. The molecule has 0 saturated carbocycles. The Morgan fingerprint density at radius 2 is 2.27 bits per heavy atom. The molecule has 0 spiro atoms. The predicted molar refractivity (Wildman–Crippen MR) is 60.8 cm³/mol. The van der Waals surface area contributed by atoms with Gasteiger partial charge in [-0.3, -0.25) is 4.79 Å². The molecule has 0 aromatic heterocycles. The summed E-state index contributed by atoms with van der Waals surface area (Å²) in [5.41, 5.74) is 1.22. The topological polar surface area (TPSA) is 20.3 Å². The molecule has 0 bridgehead atoms. The van der Waals surface area contributed by atoms with Gasteiger partial charge in [0.15, 0.2) is 0 Å². The molecule has 1 saturated heterocycles. The van der Waals surface area contributed by atoms with Crippen molar-refractivity contribution < 1.29 is 9.18 Å². The van der Waals surface area contributed by atoms with Crippen molar-refractivity contribution >= 4 is 27.5 Å². The lowest BCUT2D eigenvalue weighted by atomic mass is 10.2. The maximum atomic E-state index is 13.3. The fourth-order valence-electron chi connectivity index (χ4n) is 1.77. The van der Waals surface area contributed by atoms with Gasteiger partial charge in [0, 0.05) is 17.8 Å². The minimum absolute atomic E-state index is 0.0173. The summed E-state index contributed by atoms with van der Waals surface area (Å²) >= 11 is 3.30. The van der Waals surface area contributed by atoms with Crippen LogP contribution in [0.25, 0.3) is 0 Å². The number of carbonyl (C=O) groups excluding carboxylic acids is 1. The standard InChI is InChI=1S/C11H11BrFNO/c1-7-9(13)3-2-4-10(7)14-6-5-8(12)11(14)15/h2-4,8H,5-6H2,1H3. The van der Waals surface area contributed by atoms with Gasteiger partial charge in [0.1, 0.15) is 5.82 Å². The van der Waals surface area contributed by atoms with Crippen LogP contribution in [-0.4, -0.2) is 17.3 Å². The second kappa shape index (κ2) is 3.93. The molecule has 0 aliphatic carbocycles. The van der Waals surface area contributed by atoms with Gasteiger partial charge in [0.25, 0.3) is 0 Å². The van der Waals surface area contributed by atoms with E-state index in [1.54, 1.807) is 24.0 Å². The van der Waals surface area contributed by atoms with Crippen LogP contribution in [0.1, 0.15) is 12.0 Å². The van der Waals surface area contributed by atoms with E-state index in [1.807, 2.05) is 0 Å². The first-order chi connectivity index (χ1) is 7.11. The van der Waals surface area contributed by atoms with Gasteiger partial charge in [-0.1, -0.05) is 22.0 Å². The zero-order chi connectivity index (χ0) is 11.0. The molecule has 2 nitrogen and oxygen atoms in total. The monoisotopic (exact) mass is 271 g/mol. The maximum Gasteiger partial charge on any atom is 0.240 e. The second-order valence-corrected chi connectivity index (χ2v) is 4.74. The summed E-state index contributed by atoms with van der Waals surface area (Å²) in [6.45, 7) is 2.35. The van der Waals surface area contributed by atoms with Crippen molar-refractivity contribution in [1.29, 1.82) is 0 Å². The molecular formula is C11H11BrFNO. The zero-order valence-electron chi connectivity index (χ0n) is 8.34. The second-order valence-electron chi connectivity index (χ2n) is 3.63. The van der Waals surface area contributed by atoms with Crippen LogP contribution in [-0.2, 0) is 4.79 Å². The summed E-state index contributed by atoms with van der Waals surface area (Å²) in [7, 11) is 0. The summed E-state index contributed by atoms with van der Waals surface area (Å²) in [6.07, 6.45) is 0.773. The van der Waals surface area contributed by atoms with E-state index in [1.165, 1.54) is 6.07 Å². The van der Waals surface area contributed by atoms with Crippen molar-refractivity contribution in [3.05, 3.63) is 29.6 Å². The van der Waals surface area contributed by atoms with Crippen molar-refractivity contribution in [1.82, 2.24) is 0 Å². The van der Waals surface area contributed by atoms with E-state index in [0.717, 1.165) is 6.42 Å². The van der Waals surface area contributed by atoms with Gasteiger partial charge in [-0.05, 0) is 25.5 Å². The van der Waals surface area contributed by atoms with Gasteiger partial charge in [0.05, 0.1) is 4.83 Å². The molecule has 1 heterocycles. The Morgan fingerprint density at radius 1 is 1.53 bits per heavy atom. The van der Waals surface area contributed by atoms with E-state index in [-0.39, 0.29) is 16.6 Å². The minimum atomic E-state index is -0.265. The average Bonchev–Trinajstić information content (AvgIpc) is 2.53. The molecule has 2 rings (SSSR count). The number of rotatable bonds is 1. The lowest BCUT2D eigenvalue weighted by Crippen LogP contribution is -2.27. The van der Waals surface area contributed by atoms with Crippen molar-refractivity contribution in [2.24, 2.45) is 0 Å². The SMILES string of the molecule is Cc1c(F)cccc1N1CCC(Br)C1=O. The molecule has 15 heavy (non-hydrogen) atoms. The molecule has 1 aromatic carbocycles. The van der Waals surface area contributed by atoms with Gasteiger partial charge >= 0.3 is 0 Å². The van der Waals surface area contributed by atoms with E-state index >= 15 is 0 Å². The number of carbonyl (C=O) groups is 1. The summed E-state index contributed by atoms with van der Waals surface area (Å²) in [6, 6.07) is 4.82. The average molecular weight is 272 g/mol. The molecule has 1 unspecified atom stereocenters. The first-order valence-electron chi connectivity index (χ1n) is 4.82. The number of anilines is 1. The van der Waals surface area contributed by atoms with Gasteiger partial charge in [0.2, 0.25) is 5.91 Å². The highest BCUT2D eigenvalue weighted by molar-refractivity contribution is 9.10. The van der Waals surface area contributed by atoms with Crippen LogP contribution in [0, 0.1) is 12.7 Å². The van der Waals surface area contributed by atoms with Crippen molar-refractivity contribution in [3.63, 3.8) is 0 Å². The van der Waals surface area contributed by atoms with Crippen molar-refractivity contribution in [2.75, 3.05) is 11.4 Å². The number of halogens is 2. The van der Waals surface area contributed by atoms with Gasteiger partial charge < -0.3 is 4.90 Å². The molecular weight excluding hydrogens is 261 g/mol. The number of nitrogens with zero attached hydrogens (tertiary/aromatic N) is 1. The molecule has 1 fully saturated rings. The molecule has 1 atom stereocenters. The highest BCUT2D eigenvalue weighted by atomic mass is 79.9. The normalized spacial score (nSPS) is 21.1. The van der Waals surface area contributed by atoms with E-state index in [4.69, 9.17) is 0 Å². The highest BCUT2D eigenvalue weighted by Gasteiger charge is 2.31.